The molecule has 1 heterocycles. The first-order valence-electron chi connectivity index (χ1n) is 12.0. The van der Waals surface area contributed by atoms with Crippen LogP contribution in [0.1, 0.15) is 16.1 Å². The Morgan fingerprint density at radius 1 is 0.897 bits per heavy atom. The van der Waals surface area contributed by atoms with Crippen LogP contribution in [0, 0.1) is 11.3 Å². The maximum atomic E-state index is 12.7. The Balaban J connectivity index is 1.36. The third-order valence-corrected chi connectivity index (χ3v) is 6.26. The maximum absolute atomic E-state index is 12.7. The average molecular weight is 543 g/mol. The second-order valence-corrected chi connectivity index (χ2v) is 9.11. The van der Waals surface area contributed by atoms with Gasteiger partial charge in [-0.3, -0.25) is 10.1 Å². The highest BCUT2D eigenvalue weighted by atomic mass is 32.1. The minimum atomic E-state index is -0.576. The zero-order valence-electron chi connectivity index (χ0n) is 21.4. The van der Waals surface area contributed by atoms with Gasteiger partial charge in [-0.1, -0.05) is 59.9 Å². The molecule has 10 heteroatoms. The topological polar surface area (TPSA) is 116 Å². The van der Waals surface area contributed by atoms with E-state index in [0.29, 0.717) is 46.7 Å². The van der Waals surface area contributed by atoms with Gasteiger partial charge < -0.3 is 18.9 Å². The van der Waals surface area contributed by atoms with Crippen molar-refractivity contribution < 1.29 is 23.7 Å². The number of carbonyl (C=O) groups excluding carboxylic acids is 1. The molecule has 1 N–H and O–H groups in total. The lowest BCUT2D eigenvalue weighted by Gasteiger charge is -2.13. The summed E-state index contributed by atoms with van der Waals surface area (Å²) < 4.78 is 22.3. The fraction of sp³-hybridized carbons (Fsp3) is 0.172. The molecule has 1 amide bonds. The zero-order valence-corrected chi connectivity index (χ0v) is 22.2. The van der Waals surface area contributed by atoms with Crippen molar-refractivity contribution in [2.75, 3.05) is 32.8 Å². The van der Waals surface area contributed by atoms with Crippen molar-refractivity contribution in [2.24, 2.45) is 0 Å². The van der Waals surface area contributed by atoms with E-state index in [1.165, 1.54) is 24.5 Å². The van der Waals surface area contributed by atoms with Crippen molar-refractivity contribution in [3.8, 4) is 29.1 Å². The van der Waals surface area contributed by atoms with E-state index in [-0.39, 0.29) is 12.2 Å². The number of para-hydroxylation sites is 2. The number of nitrogens with zero attached hydrogens (tertiary/aromatic N) is 3. The van der Waals surface area contributed by atoms with Crippen LogP contribution in [-0.2, 0) is 11.2 Å². The Morgan fingerprint density at radius 3 is 2.26 bits per heavy atom. The van der Waals surface area contributed by atoms with E-state index in [2.05, 4.69) is 15.5 Å². The molecule has 0 atom stereocenters. The zero-order chi connectivity index (χ0) is 27.5. The summed E-state index contributed by atoms with van der Waals surface area (Å²) in [5.41, 5.74) is 1.60. The fourth-order valence-corrected chi connectivity index (χ4v) is 4.33. The Morgan fingerprint density at radius 2 is 1.56 bits per heavy atom. The standard InChI is InChI=1S/C29H26N4O5S/c1-35-23-10-6-7-11-24(23)37-14-15-38-25-13-12-21(17-26(25)36-2)16-22(19-30)28(34)31-29-33-32-27(39-29)18-20-8-4-3-5-9-20/h3-13,16-17H,14-15,18H2,1-2H3,(H,31,33,34). The van der Waals surface area contributed by atoms with Gasteiger partial charge >= 0.3 is 0 Å². The van der Waals surface area contributed by atoms with Crippen LogP contribution >= 0.6 is 11.3 Å². The molecular formula is C29H26N4O5S. The van der Waals surface area contributed by atoms with Gasteiger partial charge in [0.15, 0.2) is 23.0 Å². The highest BCUT2D eigenvalue weighted by Crippen LogP contribution is 2.30. The van der Waals surface area contributed by atoms with E-state index in [0.717, 1.165) is 10.6 Å². The number of rotatable bonds is 12. The van der Waals surface area contributed by atoms with E-state index in [1.807, 2.05) is 60.7 Å². The predicted molar refractivity (Wildman–Crippen MR) is 148 cm³/mol. The van der Waals surface area contributed by atoms with Crippen LogP contribution in [0.5, 0.6) is 23.0 Å². The van der Waals surface area contributed by atoms with Crippen molar-refractivity contribution in [1.82, 2.24) is 10.2 Å². The van der Waals surface area contributed by atoms with Gasteiger partial charge in [0, 0.05) is 6.42 Å². The van der Waals surface area contributed by atoms with Gasteiger partial charge in [-0.25, -0.2) is 0 Å². The largest absolute Gasteiger partial charge is 0.493 e. The van der Waals surface area contributed by atoms with Crippen molar-refractivity contribution in [3.05, 3.63) is 94.5 Å². The van der Waals surface area contributed by atoms with Crippen LogP contribution in [0.15, 0.2) is 78.4 Å². The van der Waals surface area contributed by atoms with Crippen molar-refractivity contribution in [2.45, 2.75) is 6.42 Å². The first-order valence-corrected chi connectivity index (χ1v) is 12.8. The second kappa shape index (κ2) is 13.6. The highest BCUT2D eigenvalue weighted by molar-refractivity contribution is 7.15. The quantitative estimate of drug-likeness (QED) is 0.148. The molecule has 0 radical (unpaired) electrons. The molecule has 0 bridgehead atoms. The molecule has 198 valence electrons. The Hall–Kier alpha value is -4.88. The van der Waals surface area contributed by atoms with E-state index in [1.54, 1.807) is 25.3 Å². The van der Waals surface area contributed by atoms with Crippen LogP contribution < -0.4 is 24.3 Å². The molecular weight excluding hydrogens is 516 g/mol. The van der Waals surface area contributed by atoms with Gasteiger partial charge in [0.05, 0.1) is 14.2 Å². The molecule has 3 aromatic carbocycles. The lowest BCUT2D eigenvalue weighted by molar-refractivity contribution is -0.112. The van der Waals surface area contributed by atoms with Crippen LogP contribution in [0.4, 0.5) is 5.13 Å². The molecule has 9 nitrogen and oxygen atoms in total. The summed E-state index contributed by atoms with van der Waals surface area (Å²) in [6.07, 6.45) is 2.08. The molecule has 0 saturated carbocycles. The molecule has 39 heavy (non-hydrogen) atoms. The lowest BCUT2D eigenvalue weighted by Crippen LogP contribution is -2.13. The molecule has 0 fully saturated rings. The summed E-state index contributed by atoms with van der Waals surface area (Å²) in [4.78, 5) is 12.7. The second-order valence-electron chi connectivity index (χ2n) is 8.05. The summed E-state index contributed by atoms with van der Waals surface area (Å²) >= 11 is 1.26. The van der Waals surface area contributed by atoms with Gasteiger partial charge in [0.25, 0.3) is 5.91 Å². The number of nitriles is 1. The van der Waals surface area contributed by atoms with Crippen molar-refractivity contribution in [1.29, 1.82) is 5.26 Å². The van der Waals surface area contributed by atoms with Crippen LogP contribution in [0.2, 0.25) is 0 Å². The van der Waals surface area contributed by atoms with Gasteiger partial charge in [-0.15, -0.1) is 10.2 Å². The van der Waals surface area contributed by atoms with E-state index < -0.39 is 5.91 Å². The minimum Gasteiger partial charge on any atom is -0.493 e. The third-order valence-electron chi connectivity index (χ3n) is 5.42. The van der Waals surface area contributed by atoms with Gasteiger partial charge in [-0.05, 0) is 41.5 Å². The molecule has 0 saturated heterocycles. The first-order chi connectivity index (χ1) is 19.1. The number of amides is 1. The first kappa shape index (κ1) is 27.2. The monoisotopic (exact) mass is 542 g/mol. The number of hydrogen-bond acceptors (Lipinski definition) is 9. The van der Waals surface area contributed by atoms with Crippen LogP contribution in [-0.4, -0.2) is 43.5 Å². The number of anilines is 1. The SMILES string of the molecule is COc1ccccc1OCCOc1ccc(C=C(C#N)C(=O)Nc2nnc(Cc3ccccc3)s2)cc1OC. The lowest BCUT2D eigenvalue weighted by atomic mass is 10.1. The average Bonchev–Trinajstić information content (AvgIpc) is 3.41. The number of aromatic nitrogens is 2. The summed E-state index contributed by atoms with van der Waals surface area (Å²) in [5, 5.41) is 21.5. The number of benzene rings is 3. The minimum absolute atomic E-state index is 0.0873. The summed E-state index contributed by atoms with van der Waals surface area (Å²) in [7, 11) is 3.10. The van der Waals surface area contributed by atoms with E-state index >= 15 is 0 Å². The van der Waals surface area contributed by atoms with E-state index in [4.69, 9.17) is 18.9 Å². The van der Waals surface area contributed by atoms with Crippen molar-refractivity contribution in [3.63, 3.8) is 0 Å². The highest BCUT2D eigenvalue weighted by Gasteiger charge is 2.14. The smallest absolute Gasteiger partial charge is 0.268 e. The number of hydrogen-bond donors (Lipinski definition) is 1. The fourth-order valence-electron chi connectivity index (χ4n) is 3.56. The van der Waals surface area contributed by atoms with Crippen molar-refractivity contribution >= 4 is 28.5 Å². The molecule has 0 spiro atoms. The van der Waals surface area contributed by atoms with Gasteiger partial charge in [-0.2, -0.15) is 5.26 Å². The third kappa shape index (κ3) is 7.56. The van der Waals surface area contributed by atoms with Gasteiger partial charge in [0.2, 0.25) is 5.13 Å². The molecule has 4 aromatic rings. The summed E-state index contributed by atoms with van der Waals surface area (Å²) in [5.74, 6) is 1.64. The molecule has 0 aliphatic carbocycles. The molecule has 4 rings (SSSR count). The predicted octanol–water partition coefficient (Wildman–Crippen LogP) is 5.15. The molecule has 0 aliphatic heterocycles. The Bertz CT molecular complexity index is 1480. The molecule has 0 aliphatic rings. The number of nitrogens with one attached hydrogen (secondary N) is 1. The number of carbonyl (C=O) groups is 1. The summed E-state index contributed by atoms with van der Waals surface area (Å²) in [6, 6.07) is 24.3. The molecule has 1 aromatic heterocycles. The Kier molecular flexibility index (Phi) is 9.47. The van der Waals surface area contributed by atoms with Gasteiger partial charge in [0.1, 0.15) is 29.9 Å². The Labute approximate surface area is 230 Å². The summed E-state index contributed by atoms with van der Waals surface area (Å²) in [6.45, 7) is 0.562. The van der Waals surface area contributed by atoms with E-state index in [9.17, 15) is 10.1 Å². The van der Waals surface area contributed by atoms with Crippen LogP contribution in [0.25, 0.3) is 6.08 Å². The molecule has 0 unspecified atom stereocenters. The number of ether oxygens (including phenoxy) is 4. The number of methoxy groups -OCH3 is 2. The van der Waals surface area contributed by atoms with Crippen LogP contribution in [0.3, 0.4) is 0 Å². The maximum Gasteiger partial charge on any atom is 0.268 e. The normalized spacial score (nSPS) is 10.8.